The zero-order valence-corrected chi connectivity index (χ0v) is 15.2. The van der Waals surface area contributed by atoms with Gasteiger partial charge >= 0.3 is 0 Å². The minimum atomic E-state index is -0.242. The molecule has 2 aromatic heterocycles. The van der Waals surface area contributed by atoms with Crippen molar-refractivity contribution in [2.75, 3.05) is 5.84 Å². The highest BCUT2D eigenvalue weighted by Gasteiger charge is 2.36. The first-order valence-electron chi connectivity index (χ1n) is 8.94. The average Bonchev–Trinajstić information content (AvgIpc) is 3.07. The molecule has 28 heavy (non-hydrogen) atoms. The van der Waals surface area contributed by atoms with E-state index in [1.165, 1.54) is 11.0 Å². The van der Waals surface area contributed by atoms with Gasteiger partial charge in [-0.15, -0.1) is 0 Å². The highest BCUT2D eigenvalue weighted by Crippen LogP contribution is 2.46. The van der Waals surface area contributed by atoms with E-state index in [0.29, 0.717) is 17.3 Å². The first-order chi connectivity index (χ1) is 13.6. The van der Waals surface area contributed by atoms with Gasteiger partial charge in [-0.1, -0.05) is 48.5 Å². The third-order valence-electron chi connectivity index (χ3n) is 5.01. The normalized spacial score (nSPS) is 14.8. The molecule has 0 saturated heterocycles. The molecule has 0 fully saturated rings. The molecule has 1 atom stereocenters. The van der Waals surface area contributed by atoms with Crippen molar-refractivity contribution in [1.29, 1.82) is 5.41 Å². The average molecular weight is 370 g/mol. The summed E-state index contributed by atoms with van der Waals surface area (Å²) in [6.45, 7) is 1.96. The molecule has 3 heterocycles. The second kappa shape index (κ2) is 6.09. The number of rotatable bonds is 2. The van der Waals surface area contributed by atoms with Gasteiger partial charge in [-0.25, -0.2) is 14.3 Å². The second-order valence-corrected chi connectivity index (χ2v) is 6.72. The van der Waals surface area contributed by atoms with Crippen molar-refractivity contribution in [3.8, 4) is 17.4 Å². The van der Waals surface area contributed by atoms with Gasteiger partial charge in [0.05, 0.1) is 28.4 Å². The van der Waals surface area contributed by atoms with E-state index in [2.05, 4.69) is 4.98 Å². The Kier molecular flexibility index (Phi) is 3.55. The molecule has 7 nitrogen and oxygen atoms in total. The summed E-state index contributed by atoms with van der Waals surface area (Å²) in [6, 6.07) is 19.9. The SMILES string of the molecule is Cc1nn(-c2ccccc2)c2c1[C@@H](c1ccccc1)c1c(ncn(N)c1=N)O2. The second-order valence-electron chi connectivity index (χ2n) is 6.72. The van der Waals surface area contributed by atoms with E-state index in [4.69, 9.17) is 21.1 Å². The van der Waals surface area contributed by atoms with E-state index in [1.54, 1.807) is 4.68 Å². The van der Waals surface area contributed by atoms with Crippen LogP contribution in [0.1, 0.15) is 28.3 Å². The third kappa shape index (κ3) is 2.33. The fourth-order valence-electron chi connectivity index (χ4n) is 3.73. The summed E-state index contributed by atoms with van der Waals surface area (Å²) >= 11 is 0. The number of nitrogens with two attached hydrogens (primary N) is 1. The van der Waals surface area contributed by atoms with Crippen molar-refractivity contribution < 1.29 is 4.74 Å². The Morgan fingerprint density at radius 1 is 1.00 bits per heavy atom. The van der Waals surface area contributed by atoms with Crippen LogP contribution in [0.3, 0.4) is 0 Å². The lowest BCUT2D eigenvalue weighted by Gasteiger charge is -2.26. The number of aryl methyl sites for hydroxylation is 1. The van der Waals surface area contributed by atoms with Crippen molar-refractivity contribution in [3.63, 3.8) is 0 Å². The largest absolute Gasteiger partial charge is 0.420 e. The van der Waals surface area contributed by atoms with E-state index in [-0.39, 0.29) is 11.4 Å². The smallest absolute Gasteiger partial charge is 0.230 e. The third-order valence-corrected chi connectivity index (χ3v) is 5.01. The van der Waals surface area contributed by atoms with Crippen LogP contribution in [0.15, 0.2) is 67.0 Å². The maximum absolute atomic E-state index is 8.53. The van der Waals surface area contributed by atoms with Gasteiger partial charge in [0.1, 0.15) is 6.33 Å². The van der Waals surface area contributed by atoms with Crippen LogP contribution in [-0.2, 0) is 0 Å². The summed E-state index contributed by atoms with van der Waals surface area (Å²) in [5.74, 6) is 6.68. The number of fused-ring (bicyclic) bond motifs is 2. The minimum Gasteiger partial charge on any atom is -0.420 e. The predicted octanol–water partition coefficient (Wildman–Crippen LogP) is 2.86. The number of aromatic nitrogens is 4. The van der Waals surface area contributed by atoms with Gasteiger partial charge in [-0.2, -0.15) is 5.10 Å². The van der Waals surface area contributed by atoms with Gasteiger partial charge < -0.3 is 10.6 Å². The van der Waals surface area contributed by atoms with Crippen molar-refractivity contribution in [2.45, 2.75) is 12.8 Å². The Labute approximate surface area is 161 Å². The maximum Gasteiger partial charge on any atom is 0.230 e. The fraction of sp³-hybridized carbons (Fsp3) is 0.0952. The summed E-state index contributed by atoms with van der Waals surface area (Å²) in [6.07, 6.45) is 1.39. The lowest BCUT2D eigenvalue weighted by atomic mass is 9.84. The molecule has 0 spiro atoms. The highest BCUT2D eigenvalue weighted by molar-refractivity contribution is 5.57. The van der Waals surface area contributed by atoms with Crippen molar-refractivity contribution in [2.24, 2.45) is 0 Å². The number of nitrogen functional groups attached to an aromatic ring is 1. The lowest BCUT2D eigenvalue weighted by Crippen LogP contribution is -2.34. The Balaban J connectivity index is 1.82. The molecule has 0 bridgehead atoms. The van der Waals surface area contributed by atoms with Crippen LogP contribution in [0, 0.1) is 12.3 Å². The molecule has 3 N–H and O–H groups in total. The quantitative estimate of drug-likeness (QED) is 0.467. The van der Waals surface area contributed by atoms with Crippen molar-refractivity contribution in [3.05, 3.63) is 94.9 Å². The highest BCUT2D eigenvalue weighted by atomic mass is 16.5. The molecular weight excluding hydrogens is 352 g/mol. The van der Waals surface area contributed by atoms with Crippen molar-refractivity contribution >= 4 is 0 Å². The van der Waals surface area contributed by atoms with Crippen molar-refractivity contribution in [1.82, 2.24) is 19.4 Å². The van der Waals surface area contributed by atoms with Crippen LogP contribution in [-0.4, -0.2) is 19.4 Å². The Hall–Kier alpha value is -3.87. The van der Waals surface area contributed by atoms with Crippen LogP contribution < -0.4 is 16.1 Å². The molecule has 138 valence electrons. The van der Waals surface area contributed by atoms with Crippen LogP contribution in [0.2, 0.25) is 0 Å². The number of nitrogens with zero attached hydrogens (tertiary/aromatic N) is 4. The summed E-state index contributed by atoms with van der Waals surface area (Å²) in [5, 5.41) is 13.3. The van der Waals surface area contributed by atoms with Gasteiger partial charge in [0, 0.05) is 0 Å². The van der Waals surface area contributed by atoms with E-state index < -0.39 is 0 Å². The predicted molar refractivity (Wildman–Crippen MR) is 104 cm³/mol. The Morgan fingerprint density at radius 2 is 1.68 bits per heavy atom. The van der Waals surface area contributed by atoms with Crippen LogP contribution in [0.5, 0.6) is 11.8 Å². The number of hydrogen-bond donors (Lipinski definition) is 2. The molecule has 0 amide bonds. The molecule has 0 unspecified atom stereocenters. The molecule has 0 saturated carbocycles. The van der Waals surface area contributed by atoms with E-state index in [0.717, 1.165) is 22.5 Å². The fourth-order valence-corrected chi connectivity index (χ4v) is 3.73. The zero-order valence-electron chi connectivity index (χ0n) is 15.2. The summed E-state index contributed by atoms with van der Waals surface area (Å²) in [4.78, 5) is 4.35. The van der Waals surface area contributed by atoms with E-state index in [1.807, 2.05) is 67.6 Å². The van der Waals surface area contributed by atoms with E-state index >= 15 is 0 Å². The number of hydrogen-bond acceptors (Lipinski definition) is 5. The summed E-state index contributed by atoms with van der Waals surface area (Å²) in [7, 11) is 0. The Morgan fingerprint density at radius 3 is 2.39 bits per heavy atom. The standard InChI is InChI=1S/C21H18N6O/c1-13-16-17(14-8-4-2-5-9-14)18-19(22)26(23)12-24-20(18)28-21(16)27(25-13)15-10-6-3-7-11-15/h2-12,17,22H,23H2,1H3/t17-/m1/s1. The molecule has 1 aliphatic rings. The van der Waals surface area contributed by atoms with E-state index in [9.17, 15) is 0 Å². The van der Waals surface area contributed by atoms with Gasteiger partial charge in [-0.05, 0) is 24.6 Å². The molecule has 4 aromatic rings. The maximum atomic E-state index is 8.53. The first kappa shape index (κ1) is 16.3. The molecule has 1 aliphatic heterocycles. The van der Waals surface area contributed by atoms with Gasteiger partial charge in [0.2, 0.25) is 11.8 Å². The lowest BCUT2D eigenvalue weighted by molar-refractivity contribution is 0.397. The van der Waals surface area contributed by atoms with Crippen LogP contribution in [0.4, 0.5) is 0 Å². The summed E-state index contributed by atoms with van der Waals surface area (Å²) in [5.41, 5.74) is 4.49. The topological polar surface area (TPSA) is 94.7 Å². The number of benzene rings is 2. The van der Waals surface area contributed by atoms with Gasteiger partial charge in [0.25, 0.3) is 0 Å². The summed E-state index contributed by atoms with van der Waals surface area (Å²) < 4.78 is 9.17. The number of para-hydroxylation sites is 1. The minimum absolute atomic E-state index is 0.163. The first-order valence-corrected chi connectivity index (χ1v) is 8.94. The van der Waals surface area contributed by atoms with Crippen LogP contribution >= 0.6 is 0 Å². The molecular formula is C21H18N6O. The number of ether oxygens (including phenoxy) is 1. The Bertz CT molecular complexity index is 1230. The molecule has 0 aliphatic carbocycles. The van der Waals surface area contributed by atoms with Gasteiger partial charge in [0.15, 0.2) is 5.49 Å². The molecule has 2 aromatic carbocycles. The molecule has 5 rings (SSSR count). The number of nitrogens with one attached hydrogen (secondary N) is 1. The molecule has 0 radical (unpaired) electrons. The monoisotopic (exact) mass is 370 g/mol. The molecule has 7 heteroatoms. The zero-order chi connectivity index (χ0) is 19.3. The van der Waals surface area contributed by atoms with Crippen LogP contribution in [0.25, 0.3) is 5.69 Å². The van der Waals surface area contributed by atoms with Gasteiger partial charge in [-0.3, -0.25) is 5.41 Å².